The molecule has 1 aromatic rings. The largest absolute Gasteiger partial charge is 0.465 e. The molecular weight excluding hydrogens is 326 g/mol. The van der Waals surface area contributed by atoms with Crippen molar-refractivity contribution in [1.82, 2.24) is 20.4 Å². The Morgan fingerprint density at radius 1 is 1.23 bits per heavy atom. The second-order valence-corrected chi connectivity index (χ2v) is 7.47. The van der Waals surface area contributed by atoms with Crippen molar-refractivity contribution in [3.05, 3.63) is 23.7 Å². The Hall–Kier alpha value is -1.53. The molecule has 2 aliphatic heterocycles. The normalized spacial score (nSPS) is 23.5. The molecule has 3 rings (SSSR count). The van der Waals surface area contributed by atoms with Gasteiger partial charge in [-0.2, -0.15) is 0 Å². The standard InChI is InChI=1S/C20H35N5O/c1-4-24-13-7-8-17(24)14-22-20(21-3)23-15-18(25-11-5-6-12-25)19-10-9-16(2)26-19/h9-10,17-18H,4-8,11-15H2,1-3H3,(H2,21,22,23). The lowest BCUT2D eigenvalue weighted by molar-refractivity contribution is 0.213. The highest BCUT2D eigenvalue weighted by atomic mass is 16.3. The van der Waals surface area contributed by atoms with Gasteiger partial charge in [-0.25, -0.2) is 0 Å². The van der Waals surface area contributed by atoms with Crippen molar-refractivity contribution in [1.29, 1.82) is 0 Å². The highest BCUT2D eigenvalue weighted by molar-refractivity contribution is 5.79. The van der Waals surface area contributed by atoms with E-state index in [1.165, 1.54) is 32.2 Å². The topological polar surface area (TPSA) is 56.0 Å². The second kappa shape index (κ2) is 9.42. The zero-order chi connectivity index (χ0) is 18.4. The molecule has 2 N–H and O–H groups in total. The van der Waals surface area contributed by atoms with Crippen molar-refractivity contribution < 1.29 is 4.42 Å². The highest BCUT2D eigenvalue weighted by Crippen LogP contribution is 2.26. The fraction of sp³-hybridized carbons (Fsp3) is 0.750. The number of likely N-dealkylation sites (N-methyl/N-ethyl adjacent to an activating group) is 1. The van der Waals surface area contributed by atoms with Crippen LogP contribution in [0, 0.1) is 6.92 Å². The van der Waals surface area contributed by atoms with Crippen LogP contribution in [0.5, 0.6) is 0 Å². The van der Waals surface area contributed by atoms with Gasteiger partial charge in [-0.15, -0.1) is 0 Å². The van der Waals surface area contributed by atoms with E-state index in [9.17, 15) is 0 Å². The van der Waals surface area contributed by atoms with Crippen LogP contribution in [0.1, 0.15) is 50.2 Å². The summed E-state index contributed by atoms with van der Waals surface area (Å²) >= 11 is 0. The Bertz CT molecular complexity index is 579. The second-order valence-electron chi connectivity index (χ2n) is 7.47. The monoisotopic (exact) mass is 361 g/mol. The Morgan fingerprint density at radius 2 is 2.04 bits per heavy atom. The third-order valence-corrected chi connectivity index (χ3v) is 5.77. The number of aliphatic imine (C=N–C) groups is 1. The summed E-state index contributed by atoms with van der Waals surface area (Å²) in [7, 11) is 1.85. The van der Waals surface area contributed by atoms with Crippen LogP contribution < -0.4 is 10.6 Å². The summed E-state index contributed by atoms with van der Waals surface area (Å²) in [4.78, 5) is 9.50. The molecule has 3 heterocycles. The fourth-order valence-corrected chi connectivity index (χ4v) is 4.27. The van der Waals surface area contributed by atoms with Crippen molar-refractivity contribution in [2.75, 3.05) is 46.3 Å². The van der Waals surface area contributed by atoms with Gasteiger partial charge in [-0.3, -0.25) is 14.8 Å². The summed E-state index contributed by atoms with van der Waals surface area (Å²) in [6.45, 7) is 10.7. The van der Waals surface area contributed by atoms with E-state index < -0.39 is 0 Å². The van der Waals surface area contributed by atoms with Crippen molar-refractivity contribution in [2.24, 2.45) is 4.99 Å². The van der Waals surface area contributed by atoms with Gasteiger partial charge in [0.15, 0.2) is 5.96 Å². The van der Waals surface area contributed by atoms with Gasteiger partial charge in [0.05, 0.1) is 6.04 Å². The SMILES string of the molecule is CCN1CCCC1CNC(=NC)NCC(c1ccc(C)o1)N1CCCC1. The predicted octanol–water partition coefficient (Wildman–Crippen LogP) is 2.37. The lowest BCUT2D eigenvalue weighted by Gasteiger charge is -2.28. The molecule has 0 aromatic carbocycles. The molecule has 0 spiro atoms. The summed E-state index contributed by atoms with van der Waals surface area (Å²) in [6.07, 6.45) is 5.14. The van der Waals surface area contributed by atoms with Gasteiger partial charge < -0.3 is 15.1 Å². The maximum Gasteiger partial charge on any atom is 0.191 e. The third kappa shape index (κ3) is 4.80. The molecule has 2 saturated heterocycles. The van der Waals surface area contributed by atoms with Crippen molar-refractivity contribution in [3.8, 4) is 0 Å². The van der Waals surface area contributed by atoms with Crippen LogP contribution in [0.15, 0.2) is 21.5 Å². The summed E-state index contributed by atoms with van der Waals surface area (Å²) in [6, 6.07) is 5.07. The van der Waals surface area contributed by atoms with Crippen molar-refractivity contribution in [3.63, 3.8) is 0 Å². The first-order chi connectivity index (χ1) is 12.7. The predicted molar refractivity (Wildman–Crippen MR) is 107 cm³/mol. The Kier molecular flexibility index (Phi) is 6.97. The molecule has 1 aromatic heterocycles. The fourth-order valence-electron chi connectivity index (χ4n) is 4.27. The number of nitrogens with zero attached hydrogens (tertiary/aromatic N) is 3. The molecule has 26 heavy (non-hydrogen) atoms. The van der Waals surface area contributed by atoms with Gasteiger partial charge >= 0.3 is 0 Å². The number of guanidine groups is 1. The number of likely N-dealkylation sites (tertiary alicyclic amines) is 2. The number of hydrogen-bond donors (Lipinski definition) is 2. The van der Waals surface area contributed by atoms with Crippen LogP contribution in [-0.2, 0) is 0 Å². The first-order valence-corrected chi connectivity index (χ1v) is 10.2. The van der Waals surface area contributed by atoms with Crippen LogP contribution in [-0.4, -0.2) is 68.1 Å². The maximum atomic E-state index is 5.95. The van der Waals surface area contributed by atoms with Crippen LogP contribution >= 0.6 is 0 Å². The molecule has 6 nitrogen and oxygen atoms in total. The molecule has 0 bridgehead atoms. The van der Waals surface area contributed by atoms with Crippen molar-refractivity contribution in [2.45, 2.75) is 51.6 Å². The lowest BCUT2D eigenvalue weighted by Crippen LogP contribution is -2.46. The van der Waals surface area contributed by atoms with Gasteiger partial charge in [0.2, 0.25) is 0 Å². The molecule has 0 amide bonds. The Labute approximate surface area is 158 Å². The van der Waals surface area contributed by atoms with Gasteiger partial charge in [-0.05, 0) is 70.9 Å². The molecule has 146 valence electrons. The average molecular weight is 362 g/mol. The summed E-state index contributed by atoms with van der Waals surface area (Å²) in [5, 5.41) is 7.06. The zero-order valence-electron chi connectivity index (χ0n) is 16.6. The van der Waals surface area contributed by atoms with E-state index in [-0.39, 0.29) is 6.04 Å². The first-order valence-electron chi connectivity index (χ1n) is 10.2. The van der Waals surface area contributed by atoms with E-state index in [4.69, 9.17) is 4.42 Å². The van der Waals surface area contributed by atoms with Gasteiger partial charge in [0, 0.05) is 26.2 Å². The molecule has 6 heteroatoms. The molecule has 0 saturated carbocycles. The van der Waals surface area contributed by atoms with E-state index in [0.717, 1.165) is 50.2 Å². The van der Waals surface area contributed by atoms with E-state index >= 15 is 0 Å². The molecule has 2 atom stereocenters. The third-order valence-electron chi connectivity index (χ3n) is 5.77. The Morgan fingerprint density at radius 3 is 2.69 bits per heavy atom. The van der Waals surface area contributed by atoms with E-state index in [1.54, 1.807) is 0 Å². The van der Waals surface area contributed by atoms with E-state index in [0.29, 0.717) is 6.04 Å². The number of hydrogen-bond acceptors (Lipinski definition) is 4. The highest BCUT2D eigenvalue weighted by Gasteiger charge is 2.26. The van der Waals surface area contributed by atoms with Crippen LogP contribution in [0.2, 0.25) is 0 Å². The lowest BCUT2D eigenvalue weighted by atomic mass is 10.2. The van der Waals surface area contributed by atoms with Crippen LogP contribution in [0.4, 0.5) is 0 Å². The van der Waals surface area contributed by atoms with E-state index in [2.05, 4.69) is 44.5 Å². The van der Waals surface area contributed by atoms with Gasteiger partial charge in [0.25, 0.3) is 0 Å². The first kappa shape index (κ1) is 19.2. The zero-order valence-corrected chi connectivity index (χ0v) is 16.6. The molecule has 2 fully saturated rings. The minimum absolute atomic E-state index is 0.267. The number of aryl methyl sites for hydroxylation is 1. The number of nitrogens with one attached hydrogen (secondary N) is 2. The summed E-state index contributed by atoms with van der Waals surface area (Å²) < 4.78 is 5.95. The average Bonchev–Trinajstić information content (AvgIpc) is 3.40. The molecule has 2 aliphatic rings. The molecule has 0 radical (unpaired) electrons. The molecular formula is C20H35N5O. The Balaban J connectivity index is 1.54. The summed E-state index contributed by atoms with van der Waals surface area (Å²) in [5.74, 6) is 2.92. The quantitative estimate of drug-likeness (QED) is 0.577. The molecule has 0 aliphatic carbocycles. The minimum Gasteiger partial charge on any atom is -0.465 e. The number of furan rings is 1. The van der Waals surface area contributed by atoms with Crippen molar-refractivity contribution >= 4 is 5.96 Å². The van der Waals surface area contributed by atoms with Gasteiger partial charge in [0.1, 0.15) is 11.5 Å². The van der Waals surface area contributed by atoms with Gasteiger partial charge in [-0.1, -0.05) is 6.92 Å². The van der Waals surface area contributed by atoms with E-state index in [1.807, 2.05) is 14.0 Å². The molecule has 2 unspecified atom stereocenters. The minimum atomic E-state index is 0.267. The number of rotatable bonds is 7. The summed E-state index contributed by atoms with van der Waals surface area (Å²) in [5.41, 5.74) is 0. The van der Waals surface area contributed by atoms with Crippen LogP contribution in [0.3, 0.4) is 0 Å². The smallest absolute Gasteiger partial charge is 0.191 e. The van der Waals surface area contributed by atoms with Crippen LogP contribution in [0.25, 0.3) is 0 Å². The maximum absolute atomic E-state index is 5.95.